The summed E-state index contributed by atoms with van der Waals surface area (Å²) in [7, 11) is 1.81. The Morgan fingerprint density at radius 1 is 1.33 bits per heavy atom. The van der Waals surface area contributed by atoms with E-state index in [-0.39, 0.29) is 0 Å². The predicted molar refractivity (Wildman–Crippen MR) is 89.4 cm³/mol. The fourth-order valence-corrected chi connectivity index (χ4v) is 2.63. The molecule has 0 atom stereocenters. The van der Waals surface area contributed by atoms with Gasteiger partial charge in [-0.05, 0) is 18.4 Å². The second kappa shape index (κ2) is 8.47. The van der Waals surface area contributed by atoms with Crippen LogP contribution >= 0.6 is 0 Å². The Bertz CT molecular complexity index is 447. The molecule has 0 amide bonds. The maximum atomic E-state index is 4.24. The number of guanidine groups is 1. The summed E-state index contributed by atoms with van der Waals surface area (Å²) in [6.45, 7) is 7.77. The van der Waals surface area contributed by atoms with Crippen LogP contribution in [-0.2, 0) is 6.54 Å². The number of likely N-dealkylation sites (tertiary alicyclic amines) is 1. The van der Waals surface area contributed by atoms with E-state index < -0.39 is 0 Å². The van der Waals surface area contributed by atoms with Crippen LogP contribution in [0.1, 0.15) is 18.4 Å². The van der Waals surface area contributed by atoms with Gasteiger partial charge in [0, 0.05) is 39.3 Å². The smallest absolute Gasteiger partial charge is 0.191 e. The maximum absolute atomic E-state index is 4.24. The maximum Gasteiger partial charge on any atom is 0.191 e. The molecule has 1 aromatic rings. The van der Waals surface area contributed by atoms with Crippen molar-refractivity contribution >= 4 is 5.96 Å². The molecule has 1 aliphatic rings. The fourth-order valence-electron chi connectivity index (χ4n) is 2.63. The molecule has 1 saturated heterocycles. The highest BCUT2D eigenvalue weighted by Crippen LogP contribution is 2.13. The second-order valence-electron chi connectivity index (χ2n) is 5.42. The molecule has 1 heterocycles. The summed E-state index contributed by atoms with van der Waals surface area (Å²) in [4.78, 5) is 6.76. The van der Waals surface area contributed by atoms with E-state index in [0.717, 1.165) is 45.0 Å². The number of nitrogens with zero attached hydrogens (tertiary/aromatic N) is 2. The van der Waals surface area contributed by atoms with Crippen LogP contribution in [-0.4, -0.2) is 43.6 Å². The summed E-state index contributed by atoms with van der Waals surface area (Å²) in [5.41, 5.74) is 1.40. The van der Waals surface area contributed by atoms with Gasteiger partial charge < -0.3 is 10.6 Å². The molecule has 1 aromatic carbocycles. The van der Waals surface area contributed by atoms with E-state index >= 15 is 0 Å². The number of benzene rings is 1. The Hall–Kier alpha value is -1.81. The molecule has 2 rings (SSSR count). The Balaban J connectivity index is 1.74. The van der Waals surface area contributed by atoms with Crippen molar-refractivity contribution in [1.82, 2.24) is 15.5 Å². The van der Waals surface area contributed by atoms with Gasteiger partial charge in [-0.2, -0.15) is 0 Å². The molecule has 114 valence electrons. The Morgan fingerprint density at radius 2 is 2.05 bits per heavy atom. The minimum absolute atomic E-state index is 0.507. The van der Waals surface area contributed by atoms with Crippen molar-refractivity contribution in [1.29, 1.82) is 0 Å². The molecule has 4 heteroatoms. The lowest BCUT2D eigenvalue weighted by atomic mass is 10.0. The van der Waals surface area contributed by atoms with Crippen LogP contribution < -0.4 is 10.6 Å². The third kappa shape index (κ3) is 5.23. The standard InChI is InChI=1S/C17H26N4/c1-3-11-19-17(18-2)20-16-9-12-21(13-10-16)14-15-7-5-4-6-8-15/h3-8,16H,1,9-14H2,2H3,(H2,18,19,20). The summed E-state index contributed by atoms with van der Waals surface area (Å²) in [5.74, 6) is 0.872. The van der Waals surface area contributed by atoms with E-state index in [1.807, 2.05) is 13.1 Å². The molecule has 0 spiro atoms. The van der Waals surface area contributed by atoms with Crippen LogP contribution in [0.15, 0.2) is 48.0 Å². The first-order valence-electron chi connectivity index (χ1n) is 7.66. The molecular formula is C17H26N4. The lowest BCUT2D eigenvalue weighted by Crippen LogP contribution is -2.48. The van der Waals surface area contributed by atoms with Crippen molar-refractivity contribution in [2.24, 2.45) is 4.99 Å². The van der Waals surface area contributed by atoms with Crippen LogP contribution in [0.4, 0.5) is 0 Å². The van der Waals surface area contributed by atoms with E-state index in [1.165, 1.54) is 5.56 Å². The summed E-state index contributed by atoms with van der Waals surface area (Å²) in [6.07, 6.45) is 4.15. The molecule has 0 bridgehead atoms. The van der Waals surface area contributed by atoms with Gasteiger partial charge in [-0.25, -0.2) is 0 Å². The zero-order valence-electron chi connectivity index (χ0n) is 12.9. The highest BCUT2D eigenvalue weighted by Gasteiger charge is 2.19. The summed E-state index contributed by atoms with van der Waals surface area (Å²) in [6, 6.07) is 11.2. The largest absolute Gasteiger partial charge is 0.354 e. The van der Waals surface area contributed by atoms with Crippen LogP contribution in [0.2, 0.25) is 0 Å². The van der Waals surface area contributed by atoms with Gasteiger partial charge in [0.15, 0.2) is 5.96 Å². The Labute approximate surface area is 128 Å². The van der Waals surface area contributed by atoms with E-state index in [2.05, 4.69) is 57.4 Å². The highest BCUT2D eigenvalue weighted by molar-refractivity contribution is 5.80. The molecule has 0 aliphatic carbocycles. The Morgan fingerprint density at radius 3 is 2.67 bits per heavy atom. The zero-order valence-corrected chi connectivity index (χ0v) is 12.9. The second-order valence-corrected chi connectivity index (χ2v) is 5.42. The molecule has 0 radical (unpaired) electrons. The van der Waals surface area contributed by atoms with Crippen molar-refractivity contribution < 1.29 is 0 Å². The predicted octanol–water partition coefficient (Wildman–Crippen LogP) is 2.00. The topological polar surface area (TPSA) is 39.7 Å². The van der Waals surface area contributed by atoms with Gasteiger partial charge in [0.05, 0.1) is 0 Å². The van der Waals surface area contributed by atoms with Crippen molar-refractivity contribution in [3.8, 4) is 0 Å². The molecule has 4 nitrogen and oxygen atoms in total. The van der Waals surface area contributed by atoms with E-state index in [1.54, 1.807) is 0 Å². The van der Waals surface area contributed by atoms with Crippen LogP contribution in [0.5, 0.6) is 0 Å². The number of aliphatic imine (C=N–C) groups is 1. The van der Waals surface area contributed by atoms with E-state index in [4.69, 9.17) is 0 Å². The molecule has 1 aliphatic heterocycles. The monoisotopic (exact) mass is 286 g/mol. The Kier molecular flexibility index (Phi) is 6.28. The van der Waals surface area contributed by atoms with Gasteiger partial charge in [-0.3, -0.25) is 9.89 Å². The highest BCUT2D eigenvalue weighted by atomic mass is 15.2. The van der Waals surface area contributed by atoms with Gasteiger partial charge in [-0.1, -0.05) is 36.4 Å². The summed E-state index contributed by atoms with van der Waals surface area (Å²) < 4.78 is 0. The molecule has 1 fully saturated rings. The lowest BCUT2D eigenvalue weighted by Gasteiger charge is -2.33. The number of piperidine rings is 1. The summed E-state index contributed by atoms with van der Waals surface area (Å²) in [5, 5.41) is 6.71. The SMILES string of the molecule is C=CCNC(=NC)NC1CCN(Cc2ccccc2)CC1. The van der Waals surface area contributed by atoms with Crippen LogP contribution in [0.25, 0.3) is 0 Å². The number of hydrogen-bond donors (Lipinski definition) is 2. The van der Waals surface area contributed by atoms with Gasteiger partial charge in [0.1, 0.15) is 0 Å². The van der Waals surface area contributed by atoms with Crippen LogP contribution in [0, 0.1) is 0 Å². The average molecular weight is 286 g/mol. The lowest BCUT2D eigenvalue weighted by molar-refractivity contribution is 0.198. The molecular weight excluding hydrogens is 260 g/mol. The van der Waals surface area contributed by atoms with Gasteiger partial charge >= 0.3 is 0 Å². The van der Waals surface area contributed by atoms with E-state index in [0.29, 0.717) is 6.04 Å². The third-order valence-corrected chi connectivity index (χ3v) is 3.81. The number of rotatable bonds is 5. The average Bonchev–Trinajstić information content (AvgIpc) is 2.54. The number of hydrogen-bond acceptors (Lipinski definition) is 2. The number of nitrogens with one attached hydrogen (secondary N) is 2. The first kappa shape index (κ1) is 15.6. The minimum Gasteiger partial charge on any atom is -0.354 e. The van der Waals surface area contributed by atoms with Gasteiger partial charge in [0.25, 0.3) is 0 Å². The van der Waals surface area contributed by atoms with Crippen molar-refractivity contribution in [2.75, 3.05) is 26.7 Å². The van der Waals surface area contributed by atoms with Gasteiger partial charge in [-0.15, -0.1) is 6.58 Å². The van der Waals surface area contributed by atoms with Crippen molar-refractivity contribution in [2.45, 2.75) is 25.4 Å². The molecule has 0 unspecified atom stereocenters. The fraction of sp³-hybridized carbons (Fsp3) is 0.471. The molecule has 21 heavy (non-hydrogen) atoms. The van der Waals surface area contributed by atoms with Gasteiger partial charge in [0.2, 0.25) is 0 Å². The minimum atomic E-state index is 0.507. The first-order valence-corrected chi connectivity index (χ1v) is 7.66. The third-order valence-electron chi connectivity index (χ3n) is 3.81. The molecule has 0 aromatic heterocycles. The van der Waals surface area contributed by atoms with Crippen molar-refractivity contribution in [3.63, 3.8) is 0 Å². The van der Waals surface area contributed by atoms with Crippen molar-refractivity contribution in [3.05, 3.63) is 48.6 Å². The van der Waals surface area contributed by atoms with E-state index in [9.17, 15) is 0 Å². The normalized spacial score (nSPS) is 17.5. The quantitative estimate of drug-likeness (QED) is 0.494. The molecule has 0 saturated carbocycles. The first-order chi connectivity index (χ1) is 10.3. The van der Waals surface area contributed by atoms with Crippen LogP contribution in [0.3, 0.4) is 0 Å². The zero-order chi connectivity index (χ0) is 14.9. The molecule has 2 N–H and O–H groups in total. The summed E-state index contributed by atoms with van der Waals surface area (Å²) >= 11 is 0.